The van der Waals surface area contributed by atoms with Crippen LogP contribution in [-0.2, 0) is 11.0 Å². The number of rotatable bonds is 5. The van der Waals surface area contributed by atoms with Crippen LogP contribution >= 0.6 is 0 Å². The van der Waals surface area contributed by atoms with Crippen molar-refractivity contribution in [1.82, 2.24) is 0 Å². The highest BCUT2D eigenvalue weighted by Crippen LogP contribution is 2.31. The van der Waals surface area contributed by atoms with Gasteiger partial charge >= 0.3 is 12.1 Å². The van der Waals surface area contributed by atoms with Crippen molar-refractivity contribution in [2.75, 3.05) is 5.32 Å². The van der Waals surface area contributed by atoms with Crippen LogP contribution in [0.25, 0.3) is 0 Å². The Morgan fingerprint density at radius 3 is 2.47 bits per heavy atom. The molecule has 0 aromatic heterocycles. The lowest BCUT2D eigenvalue weighted by atomic mass is 10.1. The fourth-order valence-corrected chi connectivity index (χ4v) is 1.58. The monoisotopic (exact) mass is 279 g/mol. The van der Waals surface area contributed by atoms with Gasteiger partial charge in [-0.1, -0.05) is 13.3 Å². The van der Waals surface area contributed by atoms with Crippen molar-refractivity contribution in [3.8, 4) is 0 Å². The second-order valence-corrected chi connectivity index (χ2v) is 4.05. The molecule has 3 nitrogen and oxygen atoms in total. The molecule has 0 aliphatic heterocycles. The van der Waals surface area contributed by atoms with Gasteiger partial charge in [0.2, 0.25) is 0 Å². The lowest BCUT2D eigenvalue weighted by molar-refractivity contribution is -0.138. The number of hydrogen-bond acceptors (Lipinski definition) is 2. The molecule has 0 heterocycles. The second kappa shape index (κ2) is 5.90. The Morgan fingerprint density at radius 1 is 1.37 bits per heavy atom. The smallest absolute Gasteiger partial charge is 0.416 e. The summed E-state index contributed by atoms with van der Waals surface area (Å²) >= 11 is 0. The number of carboxylic acid groups (broad SMARTS) is 1. The minimum absolute atomic E-state index is 0.201. The van der Waals surface area contributed by atoms with E-state index >= 15 is 0 Å². The highest BCUT2D eigenvalue weighted by molar-refractivity contribution is 5.77. The second-order valence-electron chi connectivity index (χ2n) is 4.05. The van der Waals surface area contributed by atoms with E-state index in [1.807, 2.05) is 0 Å². The predicted octanol–water partition coefficient (Wildman–Crippen LogP) is 3.51. The summed E-state index contributed by atoms with van der Waals surface area (Å²) < 4.78 is 50.6. The molecule has 2 N–H and O–H groups in total. The van der Waals surface area contributed by atoms with Gasteiger partial charge in [0.1, 0.15) is 11.9 Å². The molecule has 0 saturated carbocycles. The van der Waals surface area contributed by atoms with Gasteiger partial charge in [0.05, 0.1) is 5.56 Å². The van der Waals surface area contributed by atoms with Crippen LogP contribution in [0.15, 0.2) is 18.2 Å². The van der Waals surface area contributed by atoms with Gasteiger partial charge in [-0.3, -0.25) is 0 Å². The first-order valence-corrected chi connectivity index (χ1v) is 5.61. The Balaban J connectivity index is 3.00. The number of hydrogen-bond donors (Lipinski definition) is 2. The van der Waals surface area contributed by atoms with Crippen molar-refractivity contribution in [3.63, 3.8) is 0 Å². The first-order valence-electron chi connectivity index (χ1n) is 5.61. The molecule has 0 aliphatic rings. The Kier molecular flexibility index (Phi) is 4.74. The largest absolute Gasteiger partial charge is 0.480 e. The van der Waals surface area contributed by atoms with Gasteiger partial charge < -0.3 is 10.4 Å². The highest BCUT2D eigenvalue weighted by atomic mass is 19.4. The number of carboxylic acids is 1. The molecule has 0 radical (unpaired) electrons. The Bertz CT molecular complexity index is 460. The van der Waals surface area contributed by atoms with E-state index in [0.717, 1.165) is 6.07 Å². The number of nitrogens with one attached hydrogen (secondary N) is 1. The topological polar surface area (TPSA) is 49.3 Å². The van der Waals surface area contributed by atoms with Crippen LogP contribution in [0.3, 0.4) is 0 Å². The first kappa shape index (κ1) is 15.3. The standard InChI is InChI=1S/C12H13F4NO2/c1-2-3-10(11(18)19)17-9-5-7(12(14,15)16)4-8(13)6-9/h4-6,10,17H,2-3H2,1H3,(H,18,19)/t10-/m0/s1. The molecule has 0 spiro atoms. The molecule has 0 aliphatic carbocycles. The average molecular weight is 279 g/mol. The van der Waals surface area contributed by atoms with Crippen LogP contribution in [-0.4, -0.2) is 17.1 Å². The Morgan fingerprint density at radius 2 is 2.00 bits per heavy atom. The maximum Gasteiger partial charge on any atom is 0.416 e. The molecule has 0 saturated heterocycles. The van der Waals surface area contributed by atoms with Crippen molar-refractivity contribution in [2.24, 2.45) is 0 Å². The zero-order chi connectivity index (χ0) is 14.6. The SMILES string of the molecule is CCC[C@H](Nc1cc(F)cc(C(F)(F)F)c1)C(=O)O. The predicted molar refractivity (Wildman–Crippen MR) is 61.4 cm³/mol. The highest BCUT2D eigenvalue weighted by Gasteiger charge is 2.31. The van der Waals surface area contributed by atoms with E-state index in [1.165, 1.54) is 0 Å². The fourth-order valence-electron chi connectivity index (χ4n) is 1.58. The van der Waals surface area contributed by atoms with Crippen molar-refractivity contribution in [3.05, 3.63) is 29.6 Å². The summed E-state index contributed by atoms with van der Waals surface area (Å²) in [6, 6.07) is 0.837. The van der Waals surface area contributed by atoms with Gasteiger partial charge in [-0.15, -0.1) is 0 Å². The number of alkyl halides is 3. The van der Waals surface area contributed by atoms with E-state index in [1.54, 1.807) is 6.92 Å². The van der Waals surface area contributed by atoms with Gasteiger partial charge in [-0.05, 0) is 24.6 Å². The molecule has 106 valence electrons. The van der Waals surface area contributed by atoms with Crippen LogP contribution in [0.4, 0.5) is 23.2 Å². The molecule has 7 heteroatoms. The summed E-state index contributed by atoms with van der Waals surface area (Å²) in [6.45, 7) is 1.74. The van der Waals surface area contributed by atoms with Gasteiger partial charge in [0.25, 0.3) is 0 Å². The number of halogens is 4. The third-order valence-electron chi connectivity index (χ3n) is 2.44. The molecule has 19 heavy (non-hydrogen) atoms. The van der Waals surface area contributed by atoms with Gasteiger partial charge in [0.15, 0.2) is 0 Å². The molecule has 1 rings (SSSR count). The maximum atomic E-state index is 13.1. The van der Waals surface area contributed by atoms with E-state index in [4.69, 9.17) is 5.11 Å². The molecule has 0 bridgehead atoms. The number of carbonyl (C=O) groups is 1. The third kappa shape index (κ3) is 4.42. The van der Waals surface area contributed by atoms with Crippen molar-refractivity contribution in [2.45, 2.75) is 32.0 Å². The minimum atomic E-state index is -4.68. The molecule has 1 aromatic carbocycles. The van der Waals surface area contributed by atoms with E-state index in [2.05, 4.69) is 5.32 Å². The molecule has 1 atom stereocenters. The van der Waals surface area contributed by atoms with Crippen LogP contribution in [0, 0.1) is 5.82 Å². The van der Waals surface area contributed by atoms with E-state index in [9.17, 15) is 22.4 Å². The molecular weight excluding hydrogens is 266 g/mol. The lowest BCUT2D eigenvalue weighted by Crippen LogP contribution is -2.29. The Labute approximate surface area is 107 Å². The first-order chi connectivity index (χ1) is 8.74. The molecule has 0 unspecified atom stereocenters. The zero-order valence-corrected chi connectivity index (χ0v) is 10.1. The molecule has 0 amide bonds. The summed E-state index contributed by atoms with van der Waals surface area (Å²) in [5.74, 6) is -2.27. The van der Waals surface area contributed by atoms with Crippen molar-refractivity contribution < 1.29 is 27.5 Å². The number of anilines is 1. The van der Waals surface area contributed by atoms with Crippen LogP contribution in [0.5, 0.6) is 0 Å². The molecule has 1 aromatic rings. The number of aliphatic carboxylic acids is 1. The quantitative estimate of drug-likeness (QED) is 0.811. The van der Waals surface area contributed by atoms with E-state index < -0.39 is 29.6 Å². The van der Waals surface area contributed by atoms with Crippen LogP contribution in [0.2, 0.25) is 0 Å². The summed E-state index contributed by atoms with van der Waals surface area (Å²) in [7, 11) is 0. The minimum Gasteiger partial charge on any atom is -0.480 e. The van der Waals surface area contributed by atoms with E-state index in [0.29, 0.717) is 18.6 Å². The third-order valence-corrected chi connectivity index (χ3v) is 2.44. The van der Waals surface area contributed by atoms with Gasteiger partial charge in [0, 0.05) is 5.69 Å². The molecular formula is C12H13F4NO2. The van der Waals surface area contributed by atoms with Crippen LogP contribution < -0.4 is 5.32 Å². The fraction of sp³-hybridized carbons (Fsp3) is 0.417. The average Bonchev–Trinajstić information content (AvgIpc) is 2.26. The van der Waals surface area contributed by atoms with Crippen molar-refractivity contribution in [1.29, 1.82) is 0 Å². The Hall–Kier alpha value is -1.79. The maximum absolute atomic E-state index is 13.1. The van der Waals surface area contributed by atoms with Crippen molar-refractivity contribution >= 4 is 11.7 Å². The lowest BCUT2D eigenvalue weighted by Gasteiger charge is -2.16. The zero-order valence-electron chi connectivity index (χ0n) is 10.1. The summed E-state index contributed by atoms with van der Waals surface area (Å²) in [5.41, 5.74) is -1.36. The summed E-state index contributed by atoms with van der Waals surface area (Å²) in [5, 5.41) is 11.3. The van der Waals surface area contributed by atoms with E-state index in [-0.39, 0.29) is 12.1 Å². The molecule has 0 fully saturated rings. The normalized spacial score (nSPS) is 13.1. The van der Waals surface area contributed by atoms with Gasteiger partial charge in [-0.2, -0.15) is 13.2 Å². The summed E-state index contributed by atoms with van der Waals surface area (Å²) in [4.78, 5) is 10.9. The number of benzene rings is 1. The van der Waals surface area contributed by atoms with Crippen LogP contribution in [0.1, 0.15) is 25.3 Å². The summed E-state index contributed by atoms with van der Waals surface area (Å²) in [6.07, 6.45) is -3.92. The van der Waals surface area contributed by atoms with Gasteiger partial charge in [-0.25, -0.2) is 9.18 Å².